The van der Waals surface area contributed by atoms with Crippen LogP contribution in [0.4, 0.5) is 5.69 Å². The molecule has 2 aliphatic heterocycles. The van der Waals surface area contributed by atoms with Crippen LogP contribution in [-0.4, -0.2) is 55.3 Å². The van der Waals surface area contributed by atoms with Crippen LogP contribution in [0, 0.1) is 0 Å². The van der Waals surface area contributed by atoms with Gasteiger partial charge in [0.05, 0.1) is 5.69 Å². The third-order valence-corrected chi connectivity index (χ3v) is 5.05. The Morgan fingerprint density at radius 2 is 1.84 bits per heavy atom. The number of anilines is 1. The zero-order chi connectivity index (χ0) is 17.1. The summed E-state index contributed by atoms with van der Waals surface area (Å²) in [5.41, 5.74) is 2.33. The van der Waals surface area contributed by atoms with Gasteiger partial charge >= 0.3 is 0 Å². The van der Waals surface area contributed by atoms with E-state index in [0.717, 1.165) is 49.8 Å². The molecule has 0 radical (unpaired) electrons. The summed E-state index contributed by atoms with van der Waals surface area (Å²) in [7, 11) is 0. The van der Waals surface area contributed by atoms with E-state index in [4.69, 9.17) is 9.47 Å². The van der Waals surface area contributed by atoms with Crippen LogP contribution in [-0.2, 0) is 6.42 Å². The van der Waals surface area contributed by atoms with Crippen molar-refractivity contribution in [2.24, 2.45) is 0 Å². The van der Waals surface area contributed by atoms with Crippen molar-refractivity contribution in [2.45, 2.75) is 19.4 Å². The Kier molecular flexibility index (Phi) is 4.74. The summed E-state index contributed by atoms with van der Waals surface area (Å²) >= 11 is 0. The molecule has 0 amide bonds. The van der Waals surface area contributed by atoms with Crippen LogP contribution < -0.4 is 14.4 Å². The fourth-order valence-corrected chi connectivity index (χ4v) is 3.66. The molecule has 0 bridgehead atoms. The molecule has 0 N–H and O–H groups in total. The maximum atomic E-state index is 5.87. The zero-order valence-corrected chi connectivity index (χ0v) is 14.7. The van der Waals surface area contributed by atoms with E-state index < -0.39 is 0 Å². The molecule has 2 aromatic rings. The molecular formula is C20H25N3O2. The summed E-state index contributed by atoms with van der Waals surface area (Å²) in [6.07, 6.45) is 2.87. The maximum Gasteiger partial charge on any atom is 0.184 e. The fourth-order valence-electron chi connectivity index (χ4n) is 3.66. The second-order valence-electron chi connectivity index (χ2n) is 6.70. The van der Waals surface area contributed by atoms with E-state index in [9.17, 15) is 0 Å². The number of hydrogen-bond acceptors (Lipinski definition) is 5. The molecule has 5 heteroatoms. The maximum absolute atomic E-state index is 5.87. The molecule has 1 atom stereocenters. The molecule has 3 heterocycles. The molecule has 25 heavy (non-hydrogen) atoms. The number of ether oxygens (including phenoxy) is 2. The summed E-state index contributed by atoms with van der Waals surface area (Å²) in [4.78, 5) is 9.42. The smallest absolute Gasteiger partial charge is 0.184 e. The van der Waals surface area contributed by atoms with Crippen molar-refractivity contribution >= 4 is 5.69 Å². The average molecular weight is 339 g/mol. The number of aromatic nitrogens is 1. The first kappa shape index (κ1) is 16.2. The van der Waals surface area contributed by atoms with Crippen LogP contribution in [0.2, 0.25) is 0 Å². The molecule has 5 nitrogen and oxygen atoms in total. The average Bonchev–Trinajstić information content (AvgIpc) is 2.68. The summed E-state index contributed by atoms with van der Waals surface area (Å²) in [5.74, 6) is 1.78. The highest BCUT2D eigenvalue weighted by atomic mass is 16.6. The van der Waals surface area contributed by atoms with Crippen LogP contribution >= 0.6 is 0 Å². The second kappa shape index (κ2) is 7.31. The van der Waals surface area contributed by atoms with Gasteiger partial charge in [-0.3, -0.25) is 9.88 Å². The lowest BCUT2D eigenvalue weighted by Gasteiger charge is -2.40. The molecule has 1 saturated heterocycles. The quantitative estimate of drug-likeness (QED) is 0.856. The van der Waals surface area contributed by atoms with Crippen molar-refractivity contribution in [3.63, 3.8) is 0 Å². The highest BCUT2D eigenvalue weighted by molar-refractivity contribution is 5.65. The van der Waals surface area contributed by atoms with Crippen LogP contribution in [0.15, 0.2) is 42.6 Å². The van der Waals surface area contributed by atoms with E-state index in [0.29, 0.717) is 19.3 Å². The molecule has 132 valence electrons. The topological polar surface area (TPSA) is 37.8 Å². The fraction of sp³-hybridized carbons (Fsp3) is 0.450. The Morgan fingerprint density at radius 3 is 2.64 bits per heavy atom. The molecule has 4 rings (SSSR count). The molecule has 0 saturated carbocycles. The van der Waals surface area contributed by atoms with E-state index in [2.05, 4.69) is 46.0 Å². The standard InChI is InChI=1S/C20H25N3O2/c1-16(15-17-5-2-3-8-21-17)22-9-11-23(12-10-22)18-6-4-7-19-20(18)25-14-13-24-19/h2-8,16H,9-15H2,1H3/t16-/m1/s1. The SMILES string of the molecule is C[C@H](Cc1ccccn1)N1CCN(c2cccc3c2OCCO3)CC1. The predicted molar refractivity (Wildman–Crippen MR) is 98.6 cm³/mol. The van der Waals surface area contributed by atoms with Crippen molar-refractivity contribution in [1.29, 1.82) is 0 Å². The van der Waals surface area contributed by atoms with Crippen molar-refractivity contribution in [1.82, 2.24) is 9.88 Å². The Bertz CT molecular complexity index is 699. The van der Waals surface area contributed by atoms with E-state index in [1.807, 2.05) is 18.3 Å². The van der Waals surface area contributed by atoms with E-state index >= 15 is 0 Å². The van der Waals surface area contributed by atoms with Crippen LogP contribution in [0.3, 0.4) is 0 Å². The monoisotopic (exact) mass is 339 g/mol. The number of piperazine rings is 1. The molecule has 2 aliphatic rings. The molecule has 0 unspecified atom stereocenters. The minimum Gasteiger partial charge on any atom is -0.486 e. The van der Waals surface area contributed by atoms with Gasteiger partial charge in [-0.2, -0.15) is 0 Å². The summed E-state index contributed by atoms with van der Waals surface area (Å²) in [6, 6.07) is 12.8. The second-order valence-corrected chi connectivity index (χ2v) is 6.70. The number of para-hydroxylation sites is 1. The summed E-state index contributed by atoms with van der Waals surface area (Å²) in [5, 5.41) is 0. The van der Waals surface area contributed by atoms with Gasteiger partial charge in [-0.15, -0.1) is 0 Å². The summed E-state index contributed by atoms with van der Waals surface area (Å²) in [6.45, 7) is 7.68. The minimum absolute atomic E-state index is 0.501. The molecule has 0 spiro atoms. The van der Waals surface area contributed by atoms with E-state index in [-0.39, 0.29) is 0 Å². The lowest BCUT2D eigenvalue weighted by atomic mass is 10.1. The largest absolute Gasteiger partial charge is 0.486 e. The first-order valence-electron chi connectivity index (χ1n) is 9.09. The Labute approximate surface area is 149 Å². The van der Waals surface area contributed by atoms with Gasteiger partial charge in [-0.1, -0.05) is 12.1 Å². The Morgan fingerprint density at radius 1 is 1.00 bits per heavy atom. The number of benzene rings is 1. The number of pyridine rings is 1. The lowest BCUT2D eigenvalue weighted by molar-refractivity contribution is 0.170. The van der Waals surface area contributed by atoms with E-state index in [1.165, 1.54) is 5.69 Å². The third-order valence-electron chi connectivity index (χ3n) is 5.05. The van der Waals surface area contributed by atoms with Gasteiger partial charge in [-0.25, -0.2) is 0 Å². The lowest BCUT2D eigenvalue weighted by Crippen LogP contribution is -2.50. The number of fused-ring (bicyclic) bond motifs is 1. The van der Waals surface area contributed by atoms with Crippen LogP contribution in [0.5, 0.6) is 11.5 Å². The number of rotatable bonds is 4. The highest BCUT2D eigenvalue weighted by Crippen LogP contribution is 2.39. The first-order chi connectivity index (χ1) is 12.3. The van der Waals surface area contributed by atoms with Crippen molar-refractivity contribution in [3.8, 4) is 11.5 Å². The van der Waals surface area contributed by atoms with Gasteiger partial charge in [0.15, 0.2) is 11.5 Å². The molecule has 1 fully saturated rings. The number of nitrogens with zero attached hydrogens (tertiary/aromatic N) is 3. The molecule has 1 aromatic carbocycles. The first-order valence-corrected chi connectivity index (χ1v) is 9.09. The highest BCUT2D eigenvalue weighted by Gasteiger charge is 2.25. The molecule has 0 aliphatic carbocycles. The van der Waals surface area contributed by atoms with Gasteiger partial charge < -0.3 is 14.4 Å². The molecular weight excluding hydrogens is 314 g/mol. The van der Waals surface area contributed by atoms with Gasteiger partial charge in [0.2, 0.25) is 0 Å². The summed E-state index contributed by atoms with van der Waals surface area (Å²) < 4.78 is 11.6. The molecule has 1 aromatic heterocycles. The van der Waals surface area contributed by atoms with Crippen LogP contribution in [0.25, 0.3) is 0 Å². The van der Waals surface area contributed by atoms with Gasteiger partial charge in [0, 0.05) is 50.5 Å². The predicted octanol–water partition coefficient (Wildman–Crippen LogP) is 2.61. The zero-order valence-electron chi connectivity index (χ0n) is 14.7. The van der Waals surface area contributed by atoms with Crippen molar-refractivity contribution in [2.75, 3.05) is 44.3 Å². The normalized spacial score (nSPS) is 18.8. The van der Waals surface area contributed by atoms with Crippen molar-refractivity contribution in [3.05, 3.63) is 48.3 Å². The Balaban J connectivity index is 1.39. The third kappa shape index (κ3) is 3.56. The van der Waals surface area contributed by atoms with Crippen LogP contribution in [0.1, 0.15) is 12.6 Å². The van der Waals surface area contributed by atoms with Gasteiger partial charge in [-0.05, 0) is 31.2 Å². The van der Waals surface area contributed by atoms with Crippen molar-refractivity contribution < 1.29 is 9.47 Å². The van der Waals surface area contributed by atoms with Gasteiger partial charge in [0.1, 0.15) is 13.2 Å². The van der Waals surface area contributed by atoms with E-state index in [1.54, 1.807) is 0 Å². The number of hydrogen-bond donors (Lipinski definition) is 0. The van der Waals surface area contributed by atoms with Gasteiger partial charge in [0.25, 0.3) is 0 Å². The Hall–Kier alpha value is -2.27. The minimum atomic E-state index is 0.501.